The minimum Gasteiger partial charge on any atom is -0.397 e. The van der Waals surface area contributed by atoms with Crippen LogP contribution in [0.15, 0.2) is 35.8 Å². The van der Waals surface area contributed by atoms with Crippen LogP contribution in [0.5, 0.6) is 0 Å². The summed E-state index contributed by atoms with van der Waals surface area (Å²) in [6, 6.07) is 6.77. The fourth-order valence-corrected chi connectivity index (χ4v) is 2.77. The lowest BCUT2D eigenvalue weighted by Crippen LogP contribution is -2.11. The average molecular weight is 396 g/mol. The molecule has 2 heterocycles. The first-order chi connectivity index (χ1) is 13.0. The lowest BCUT2D eigenvalue weighted by Gasteiger charge is -2.11. The number of halogens is 3. The molecule has 0 unspecified atom stereocenters. The van der Waals surface area contributed by atoms with Crippen LogP contribution in [-0.2, 0) is 0 Å². The molecule has 1 aromatic carbocycles. The van der Waals surface area contributed by atoms with Crippen molar-refractivity contribution in [3.05, 3.63) is 40.8 Å². The molecule has 2 aromatic heterocycles. The van der Waals surface area contributed by atoms with Crippen molar-refractivity contribution in [2.75, 3.05) is 30.1 Å². The van der Waals surface area contributed by atoms with E-state index in [1.165, 1.54) is 0 Å². The predicted octanol–water partition coefficient (Wildman–Crippen LogP) is 4.50. The normalized spacial score (nSPS) is 10.3. The Kier molecular flexibility index (Phi) is 7.35. The molecule has 0 atom stereocenters. The van der Waals surface area contributed by atoms with Crippen LogP contribution in [0.25, 0.3) is 11.4 Å². The van der Waals surface area contributed by atoms with E-state index in [1.807, 2.05) is 12.3 Å². The zero-order valence-electron chi connectivity index (χ0n) is 14.7. The summed E-state index contributed by atoms with van der Waals surface area (Å²) in [5.41, 5.74) is 8.87. The Bertz CT molecular complexity index is 871. The number of hydrogen-bond donors (Lipinski definition) is 3. The van der Waals surface area contributed by atoms with E-state index in [2.05, 4.69) is 25.6 Å². The van der Waals surface area contributed by atoms with E-state index in [4.69, 9.17) is 5.73 Å². The number of hydrogen-bond acceptors (Lipinski definition) is 7. The Morgan fingerprint density at radius 2 is 1.93 bits per heavy atom. The number of nitrogens with two attached hydrogens (primary N) is 1. The van der Waals surface area contributed by atoms with Crippen LogP contribution in [0, 0.1) is 6.92 Å². The number of benzene rings is 1. The topological polar surface area (TPSA) is 88.8 Å². The molecule has 3 rings (SSSR count). The van der Waals surface area contributed by atoms with E-state index in [0.29, 0.717) is 35.9 Å². The number of nitrogens with zero attached hydrogens (tertiary/aromatic N) is 3. The van der Waals surface area contributed by atoms with Gasteiger partial charge in [0.2, 0.25) is 5.95 Å². The van der Waals surface area contributed by atoms with Crippen molar-refractivity contribution in [2.45, 2.75) is 13.3 Å². The van der Waals surface area contributed by atoms with E-state index in [-0.39, 0.29) is 0 Å². The van der Waals surface area contributed by atoms with E-state index in [9.17, 15) is 13.2 Å². The van der Waals surface area contributed by atoms with Crippen molar-refractivity contribution in [1.82, 2.24) is 15.0 Å². The number of nitrogen functional groups attached to an aromatic ring is 1. The second-order valence-corrected chi connectivity index (χ2v) is 6.28. The molecule has 10 heteroatoms. The summed E-state index contributed by atoms with van der Waals surface area (Å²) >= 11 is 1.55. The van der Waals surface area contributed by atoms with Gasteiger partial charge in [-0.25, -0.2) is 23.7 Å². The minimum absolute atomic E-state index is 0.358. The number of thiazole rings is 1. The van der Waals surface area contributed by atoms with E-state index < -0.39 is 13.0 Å². The fourth-order valence-electron chi connectivity index (χ4n) is 2.16. The van der Waals surface area contributed by atoms with Crippen molar-refractivity contribution in [3.63, 3.8) is 0 Å². The predicted molar refractivity (Wildman–Crippen MR) is 104 cm³/mol. The van der Waals surface area contributed by atoms with Crippen molar-refractivity contribution in [1.29, 1.82) is 0 Å². The zero-order valence-corrected chi connectivity index (χ0v) is 15.5. The van der Waals surface area contributed by atoms with Gasteiger partial charge in [0, 0.05) is 17.3 Å². The van der Waals surface area contributed by atoms with Gasteiger partial charge >= 0.3 is 0 Å². The summed E-state index contributed by atoms with van der Waals surface area (Å²) < 4.78 is 34.0. The molecule has 3 aromatic rings. The maximum absolute atomic E-state index is 12.3. The Balaban J connectivity index is 0.00000126. The molecule has 0 aliphatic rings. The third-order valence-electron chi connectivity index (χ3n) is 3.29. The quantitative estimate of drug-likeness (QED) is 0.532. The van der Waals surface area contributed by atoms with Gasteiger partial charge in [0.25, 0.3) is 6.43 Å². The number of aromatic nitrogens is 3. The Morgan fingerprint density at radius 1 is 1.15 bits per heavy atom. The van der Waals surface area contributed by atoms with Crippen molar-refractivity contribution >= 4 is 34.3 Å². The molecular formula is C17H19F3N6S. The Hall–Kier alpha value is -2.88. The summed E-state index contributed by atoms with van der Waals surface area (Å²) in [6.07, 6.45) is -0.802. The third-order valence-corrected chi connectivity index (χ3v) is 4.07. The van der Waals surface area contributed by atoms with Crippen LogP contribution in [0.2, 0.25) is 0 Å². The largest absolute Gasteiger partial charge is 0.397 e. The first-order valence-corrected chi connectivity index (χ1v) is 8.71. The van der Waals surface area contributed by atoms with E-state index in [1.54, 1.807) is 41.8 Å². The summed E-state index contributed by atoms with van der Waals surface area (Å²) in [4.78, 5) is 13.0. The Morgan fingerprint density at radius 3 is 2.56 bits per heavy atom. The summed E-state index contributed by atoms with van der Waals surface area (Å²) in [5.74, 6) is 0.399. The average Bonchev–Trinajstić information content (AvgIpc) is 3.09. The molecule has 0 saturated heterocycles. The molecule has 0 radical (unpaired) electrons. The van der Waals surface area contributed by atoms with Crippen molar-refractivity contribution in [2.24, 2.45) is 0 Å². The van der Waals surface area contributed by atoms with Crippen LogP contribution < -0.4 is 16.4 Å². The van der Waals surface area contributed by atoms with Gasteiger partial charge in [-0.1, -0.05) is 0 Å². The minimum atomic E-state index is -2.44. The standard InChI is InChI=1S/C16H16F2N6S.CH3F/c1-9-22-14(8-25-9)13-4-5-20-16(24-13)23-10-2-3-12(11(19)6-10)21-7-15(17)18;1-2/h2-6,8,15,21H,7,19H2,1H3,(H,20,23,24);1H3. The van der Waals surface area contributed by atoms with Gasteiger partial charge in [0.15, 0.2) is 0 Å². The highest BCUT2D eigenvalue weighted by molar-refractivity contribution is 7.09. The summed E-state index contributed by atoms with van der Waals surface area (Å²) in [7, 11) is 0.500. The van der Waals surface area contributed by atoms with Crippen LogP contribution in [0.4, 0.5) is 36.2 Å². The molecule has 0 aliphatic carbocycles. The summed E-state index contributed by atoms with van der Waals surface area (Å²) in [5, 5.41) is 8.54. The third kappa shape index (κ3) is 5.81. The highest BCUT2D eigenvalue weighted by Crippen LogP contribution is 2.25. The van der Waals surface area contributed by atoms with Gasteiger partial charge < -0.3 is 16.4 Å². The molecular weight excluding hydrogens is 377 g/mol. The van der Waals surface area contributed by atoms with Crippen molar-refractivity contribution in [3.8, 4) is 11.4 Å². The summed E-state index contributed by atoms with van der Waals surface area (Å²) in [6.45, 7) is 1.48. The van der Waals surface area contributed by atoms with Crippen LogP contribution >= 0.6 is 11.3 Å². The van der Waals surface area contributed by atoms with Crippen LogP contribution in [-0.4, -0.2) is 35.1 Å². The monoisotopic (exact) mass is 396 g/mol. The molecule has 27 heavy (non-hydrogen) atoms. The zero-order chi connectivity index (χ0) is 19.8. The second-order valence-electron chi connectivity index (χ2n) is 5.22. The molecule has 0 bridgehead atoms. The number of nitrogens with one attached hydrogen (secondary N) is 2. The van der Waals surface area contributed by atoms with Crippen LogP contribution in [0.3, 0.4) is 0 Å². The molecule has 6 nitrogen and oxygen atoms in total. The molecule has 0 spiro atoms. The van der Waals surface area contributed by atoms with E-state index in [0.717, 1.165) is 10.7 Å². The smallest absolute Gasteiger partial charge is 0.255 e. The second kappa shape index (κ2) is 9.72. The molecule has 4 N–H and O–H groups in total. The molecule has 0 fully saturated rings. The number of rotatable bonds is 6. The van der Waals surface area contributed by atoms with Crippen LogP contribution in [0.1, 0.15) is 5.01 Å². The van der Waals surface area contributed by atoms with Gasteiger partial charge in [-0.2, -0.15) is 0 Å². The molecule has 0 aliphatic heterocycles. The number of anilines is 4. The number of aryl methyl sites for hydroxylation is 1. The van der Waals surface area contributed by atoms with Gasteiger partial charge in [-0.15, -0.1) is 11.3 Å². The highest BCUT2D eigenvalue weighted by Gasteiger charge is 2.08. The number of alkyl halides is 3. The van der Waals surface area contributed by atoms with E-state index >= 15 is 0 Å². The van der Waals surface area contributed by atoms with Gasteiger partial charge in [-0.05, 0) is 31.2 Å². The molecule has 144 valence electrons. The lowest BCUT2D eigenvalue weighted by molar-refractivity contribution is 0.163. The fraction of sp³-hybridized carbons (Fsp3) is 0.235. The molecule has 0 amide bonds. The first kappa shape index (κ1) is 20.4. The Labute approximate surface area is 158 Å². The van der Waals surface area contributed by atoms with Gasteiger partial charge in [-0.3, -0.25) is 4.39 Å². The maximum Gasteiger partial charge on any atom is 0.255 e. The van der Waals surface area contributed by atoms with Gasteiger partial charge in [0.05, 0.1) is 35.8 Å². The molecule has 0 saturated carbocycles. The highest BCUT2D eigenvalue weighted by atomic mass is 32.1. The van der Waals surface area contributed by atoms with Gasteiger partial charge in [0.1, 0.15) is 5.69 Å². The SMILES string of the molecule is CF.Cc1nc(-c2ccnc(Nc3ccc(NCC(F)F)c(N)c3)n2)cs1. The van der Waals surface area contributed by atoms with Crippen molar-refractivity contribution < 1.29 is 13.2 Å². The lowest BCUT2D eigenvalue weighted by atomic mass is 10.2. The maximum atomic E-state index is 12.3. The first-order valence-electron chi connectivity index (χ1n) is 7.83.